The zero-order chi connectivity index (χ0) is 27.2. The molecule has 10 heteroatoms. The summed E-state index contributed by atoms with van der Waals surface area (Å²) in [6.07, 6.45) is 9.19. The Kier molecular flexibility index (Phi) is 8.21. The zero-order valence-corrected chi connectivity index (χ0v) is 22.3. The molecule has 0 saturated carbocycles. The lowest BCUT2D eigenvalue weighted by atomic mass is 9.97. The van der Waals surface area contributed by atoms with Gasteiger partial charge in [0.2, 0.25) is 5.91 Å². The van der Waals surface area contributed by atoms with Crippen LogP contribution in [0.3, 0.4) is 0 Å². The van der Waals surface area contributed by atoms with E-state index >= 15 is 0 Å². The molecular formula is C29H30N4O5S. The van der Waals surface area contributed by atoms with Crippen LogP contribution >= 0.6 is 11.3 Å². The molecule has 0 atom stereocenters. The van der Waals surface area contributed by atoms with E-state index in [9.17, 15) is 19.2 Å². The second kappa shape index (κ2) is 12.1. The van der Waals surface area contributed by atoms with E-state index in [0.29, 0.717) is 33.6 Å². The molecule has 3 aromatic heterocycles. The van der Waals surface area contributed by atoms with Gasteiger partial charge in [-0.2, -0.15) is 0 Å². The van der Waals surface area contributed by atoms with Crippen molar-refractivity contribution in [3.63, 3.8) is 0 Å². The van der Waals surface area contributed by atoms with Crippen molar-refractivity contribution in [1.82, 2.24) is 19.8 Å². The second-order valence-corrected chi connectivity index (χ2v) is 10.5. The standard InChI is InChI=1S/C29H30N4O5S/c34-25(30-14-12-20-5-2-1-3-6-20)19-32-24-13-16-39-26(24)28(36)33(29(32)37)18-21-8-10-22(11-9-21)27(35)31-17-23-7-4-15-38-23/h4-5,7-11,13,15-16H,1-3,6,12,14,17-19H2,(H,30,34)(H,31,35). The summed E-state index contributed by atoms with van der Waals surface area (Å²) < 4.78 is 8.15. The SMILES string of the molecule is O=C(Cn1c(=O)n(Cc2ccc(C(=O)NCc3ccco3)cc2)c(=O)c2sccc21)NCCC1=CCCCC1. The van der Waals surface area contributed by atoms with Gasteiger partial charge in [-0.15, -0.1) is 11.3 Å². The van der Waals surface area contributed by atoms with Gasteiger partial charge in [0.05, 0.1) is 24.9 Å². The Morgan fingerprint density at radius 1 is 1.00 bits per heavy atom. The van der Waals surface area contributed by atoms with Crippen LogP contribution < -0.4 is 21.9 Å². The number of amides is 2. The summed E-state index contributed by atoms with van der Waals surface area (Å²) >= 11 is 1.24. The molecule has 5 rings (SSSR count). The van der Waals surface area contributed by atoms with Crippen LogP contribution in [-0.4, -0.2) is 27.5 Å². The quantitative estimate of drug-likeness (QED) is 0.294. The highest BCUT2D eigenvalue weighted by atomic mass is 32.1. The molecule has 2 N–H and O–H groups in total. The fourth-order valence-electron chi connectivity index (χ4n) is 4.75. The van der Waals surface area contributed by atoms with Crippen LogP contribution in [0.4, 0.5) is 0 Å². The summed E-state index contributed by atoms with van der Waals surface area (Å²) in [4.78, 5) is 51.7. The number of nitrogens with zero attached hydrogens (tertiary/aromatic N) is 2. The Hall–Kier alpha value is -4.18. The maximum absolute atomic E-state index is 13.4. The smallest absolute Gasteiger partial charge is 0.332 e. The van der Waals surface area contributed by atoms with Crippen molar-refractivity contribution >= 4 is 33.4 Å². The van der Waals surface area contributed by atoms with E-state index in [1.807, 2.05) is 0 Å². The van der Waals surface area contributed by atoms with Gasteiger partial charge in [0.15, 0.2) is 0 Å². The van der Waals surface area contributed by atoms with Gasteiger partial charge in [0.25, 0.3) is 11.5 Å². The highest BCUT2D eigenvalue weighted by Gasteiger charge is 2.17. The molecule has 0 aliphatic heterocycles. The molecule has 0 radical (unpaired) electrons. The lowest BCUT2D eigenvalue weighted by Crippen LogP contribution is -2.42. The Labute approximate surface area is 228 Å². The molecule has 202 valence electrons. The first-order valence-electron chi connectivity index (χ1n) is 13.0. The molecule has 39 heavy (non-hydrogen) atoms. The largest absolute Gasteiger partial charge is 0.467 e. The third-order valence-corrected chi connectivity index (χ3v) is 7.74. The van der Waals surface area contributed by atoms with Crippen LogP contribution in [0.15, 0.2) is 79.8 Å². The van der Waals surface area contributed by atoms with Gasteiger partial charge in [-0.1, -0.05) is 23.8 Å². The van der Waals surface area contributed by atoms with Crippen molar-refractivity contribution in [2.45, 2.75) is 51.7 Å². The molecular weight excluding hydrogens is 516 g/mol. The fraction of sp³-hybridized carbons (Fsp3) is 0.310. The van der Waals surface area contributed by atoms with Crippen molar-refractivity contribution < 1.29 is 14.0 Å². The van der Waals surface area contributed by atoms with E-state index < -0.39 is 11.2 Å². The lowest BCUT2D eigenvalue weighted by molar-refractivity contribution is -0.121. The summed E-state index contributed by atoms with van der Waals surface area (Å²) in [6.45, 7) is 0.651. The molecule has 1 aliphatic rings. The number of carbonyl (C=O) groups excluding carboxylic acids is 2. The minimum atomic E-state index is -0.545. The van der Waals surface area contributed by atoms with Crippen LogP contribution in [-0.2, 0) is 24.4 Å². The van der Waals surface area contributed by atoms with Crippen molar-refractivity contribution in [1.29, 1.82) is 0 Å². The molecule has 0 saturated heterocycles. The van der Waals surface area contributed by atoms with Crippen molar-refractivity contribution in [2.75, 3.05) is 6.54 Å². The van der Waals surface area contributed by atoms with Crippen LogP contribution in [0, 0.1) is 0 Å². The van der Waals surface area contributed by atoms with Crippen LogP contribution in [0.1, 0.15) is 53.8 Å². The number of nitrogens with one attached hydrogen (secondary N) is 2. The number of rotatable bonds is 10. The van der Waals surface area contributed by atoms with Gasteiger partial charge in [-0.3, -0.25) is 23.5 Å². The van der Waals surface area contributed by atoms with Crippen molar-refractivity contribution in [3.05, 3.63) is 103 Å². The number of thiophene rings is 1. The minimum Gasteiger partial charge on any atom is -0.467 e. The van der Waals surface area contributed by atoms with Gasteiger partial charge in [-0.25, -0.2) is 4.79 Å². The van der Waals surface area contributed by atoms with Crippen LogP contribution in [0.25, 0.3) is 10.2 Å². The third-order valence-electron chi connectivity index (χ3n) is 6.85. The van der Waals surface area contributed by atoms with Gasteiger partial charge < -0.3 is 15.1 Å². The number of hydrogen-bond acceptors (Lipinski definition) is 6. The molecule has 9 nitrogen and oxygen atoms in total. The highest BCUT2D eigenvalue weighted by molar-refractivity contribution is 7.17. The predicted octanol–water partition coefficient (Wildman–Crippen LogP) is 3.80. The number of allylic oxidation sites excluding steroid dienone is 1. The van der Waals surface area contributed by atoms with E-state index in [-0.39, 0.29) is 31.4 Å². The van der Waals surface area contributed by atoms with E-state index in [1.165, 1.54) is 34.3 Å². The number of hydrogen-bond donors (Lipinski definition) is 2. The first kappa shape index (κ1) is 26.4. The fourth-order valence-corrected chi connectivity index (χ4v) is 5.59. The maximum Gasteiger partial charge on any atom is 0.332 e. The average molecular weight is 547 g/mol. The number of aromatic nitrogens is 2. The zero-order valence-electron chi connectivity index (χ0n) is 21.5. The molecule has 1 aromatic carbocycles. The summed E-state index contributed by atoms with van der Waals surface area (Å²) in [6, 6.07) is 11.9. The van der Waals surface area contributed by atoms with E-state index in [4.69, 9.17) is 4.42 Å². The Bertz CT molecular complexity index is 1610. The third kappa shape index (κ3) is 6.28. The highest BCUT2D eigenvalue weighted by Crippen LogP contribution is 2.19. The lowest BCUT2D eigenvalue weighted by Gasteiger charge is -2.14. The number of furan rings is 1. The van der Waals surface area contributed by atoms with Crippen LogP contribution in [0.5, 0.6) is 0 Å². The van der Waals surface area contributed by atoms with Crippen molar-refractivity contribution in [2.24, 2.45) is 0 Å². The first-order chi connectivity index (χ1) is 19.0. The van der Waals surface area contributed by atoms with E-state index in [1.54, 1.807) is 54.1 Å². The molecule has 2 amide bonds. The molecule has 0 fully saturated rings. The van der Waals surface area contributed by atoms with Gasteiger partial charge in [0, 0.05) is 12.1 Å². The summed E-state index contributed by atoms with van der Waals surface area (Å²) in [7, 11) is 0. The Morgan fingerprint density at radius 3 is 2.59 bits per heavy atom. The normalized spacial score (nSPS) is 13.3. The molecule has 0 bridgehead atoms. The minimum absolute atomic E-state index is 0.0234. The van der Waals surface area contributed by atoms with E-state index in [0.717, 1.165) is 23.8 Å². The van der Waals surface area contributed by atoms with E-state index in [2.05, 4.69) is 16.7 Å². The van der Waals surface area contributed by atoms with Gasteiger partial charge in [-0.05, 0) is 73.4 Å². The molecule has 0 unspecified atom stereocenters. The monoisotopic (exact) mass is 546 g/mol. The Balaban J connectivity index is 1.29. The molecule has 1 aliphatic carbocycles. The number of fused-ring (bicyclic) bond motifs is 1. The molecule has 4 aromatic rings. The first-order valence-corrected chi connectivity index (χ1v) is 13.9. The number of carbonyl (C=O) groups is 2. The van der Waals surface area contributed by atoms with Crippen LogP contribution in [0.2, 0.25) is 0 Å². The van der Waals surface area contributed by atoms with Crippen molar-refractivity contribution in [3.8, 4) is 0 Å². The summed E-state index contributed by atoms with van der Waals surface area (Å²) in [5.74, 6) is 0.120. The topological polar surface area (TPSA) is 115 Å². The summed E-state index contributed by atoms with van der Waals surface area (Å²) in [5, 5.41) is 7.44. The average Bonchev–Trinajstić information content (AvgIpc) is 3.66. The summed E-state index contributed by atoms with van der Waals surface area (Å²) in [5.41, 5.74) is 2.02. The maximum atomic E-state index is 13.4. The predicted molar refractivity (Wildman–Crippen MR) is 150 cm³/mol. The number of benzene rings is 1. The van der Waals surface area contributed by atoms with Gasteiger partial charge >= 0.3 is 5.69 Å². The van der Waals surface area contributed by atoms with Gasteiger partial charge in [0.1, 0.15) is 17.0 Å². The molecule has 0 spiro atoms. The Morgan fingerprint density at radius 2 is 1.85 bits per heavy atom. The molecule has 3 heterocycles. The second-order valence-electron chi connectivity index (χ2n) is 9.56.